The van der Waals surface area contributed by atoms with Gasteiger partial charge in [-0.25, -0.2) is 4.68 Å². The first-order chi connectivity index (χ1) is 12.3. The monoisotopic (exact) mass is 363 g/mol. The Labute approximate surface area is 147 Å². The van der Waals surface area contributed by atoms with Gasteiger partial charge in [-0.15, -0.1) is 0 Å². The molecular weight excluding hydrogens is 347 g/mol. The van der Waals surface area contributed by atoms with E-state index in [0.717, 1.165) is 22.3 Å². The number of aryl methyl sites for hydroxylation is 1. The van der Waals surface area contributed by atoms with Gasteiger partial charge >= 0.3 is 6.18 Å². The second-order valence-corrected chi connectivity index (χ2v) is 5.66. The lowest BCUT2D eigenvalue weighted by atomic mass is 10.2. The molecule has 3 aromatic rings. The molecule has 0 aliphatic carbocycles. The molecule has 0 saturated heterocycles. The molecule has 0 aliphatic rings. The van der Waals surface area contributed by atoms with Crippen molar-refractivity contribution in [2.75, 3.05) is 6.54 Å². The van der Waals surface area contributed by atoms with E-state index in [1.165, 1.54) is 7.05 Å². The second-order valence-electron chi connectivity index (χ2n) is 5.66. The highest BCUT2D eigenvalue weighted by molar-refractivity contribution is 5.95. The number of halogens is 3. The van der Waals surface area contributed by atoms with E-state index in [9.17, 15) is 18.0 Å². The van der Waals surface area contributed by atoms with Gasteiger partial charge in [0.15, 0.2) is 5.69 Å². The molecule has 1 aromatic carbocycles. The van der Waals surface area contributed by atoms with Crippen molar-refractivity contribution >= 4 is 5.91 Å². The SMILES string of the molecule is Cn1cc(C(=O)NCCc2ccn(-c3ccccc3)n2)c(C(F)(F)F)n1. The summed E-state index contributed by atoms with van der Waals surface area (Å²) in [6.45, 7) is 0.164. The number of para-hydroxylation sites is 1. The predicted octanol–water partition coefficient (Wildman–Crippen LogP) is 2.60. The maximum Gasteiger partial charge on any atom is 0.435 e. The van der Waals surface area contributed by atoms with E-state index >= 15 is 0 Å². The summed E-state index contributed by atoms with van der Waals surface area (Å²) in [5.41, 5.74) is -0.0648. The third-order valence-electron chi connectivity index (χ3n) is 3.67. The lowest BCUT2D eigenvalue weighted by molar-refractivity contribution is -0.141. The highest BCUT2D eigenvalue weighted by atomic mass is 19.4. The number of nitrogens with zero attached hydrogens (tertiary/aromatic N) is 4. The Morgan fingerprint density at radius 3 is 2.58 bits per heavy atom. The minimum Gasteiger partial charge on any atom is -0.352 e. The van der Waals surface area contributed by atoms with Crippen LogP contribution in [0.5, 0.6) is 0 Å². The molecule has 136 valence electrons. The van der Waals surface area contributed by atoms with Gasteiger partial charge in [0.1, 0.15) is 0 Å². The fourth-order valence-electron chi connectivity index (χ4n) is 2.48. The molecule has 0 radical (unpaired) electrons. The van der Waals surface area contributed by atoms with E-state index in [0.29, 0.717) is 6.42 Å². The zero-order valence-corrected chi connectivity index (χ0v) is 13.9. The molecule has 0 spiro atoms. The van der Waals surface area contributed by atoms with E-state index in [2.05, 4.69) is 15.5 Å². The molecule has 1 N–H and O–H groups in total. The van der Waals surface area contributed by atoms with Gasteiger partial charge in [-0.2, -0.15) is 23.4 Å². The summed E-state index contributed by atoms with van der Waals surface area (Å²) in [6.07, 6.45) is -1.44. The van der Waals surface area contributed by atoms with Crippen LogP contribution in [0.3, 0.4) is 0 Å². The Morgan fingerprint density at radius 2 is 1.88 bits per heavy atom. The summed E-state index contributed by atoms with van der Waals surface area (Å²) >= 11 is 0. The molecule has 0 bridgehead atoms. The van der Waals surface area contributed by atoms with Crippen molar-refractivity contribution in [1.29, 1.82) is 0 Å². The van der Waals surface area contributed by atoms with Gasteiger partial charge in [0.05, 0.1) is 16.9 Å². The van der Waals surface area contributed by atoms with Gasteiger partial charge in [-0.1, -0.05) is 18.2 Å². The minimum atomic E-state index is -4.68. The number of nitrogens with one attached hydrogen (secondary N) is 1. The van der Waals surface area contributed by atoms with Crippen molar-refractivity contribution in [3.8, 4) is 5.69 Å². The first kappa shape index (κ1) is 17.7. The maximum atomic E-state index is 12.9. The van der Waals surface area contributed by atoms with Crippen molar-refractivity contribution in [1.82, 2.24) is 24.9 Å². The van der Waals surface area contributed by atoms with Crippen LogP contribution in [0.1, 0.15) is 21.7 Å². The predicted molar refractivity (Wildman–Crippen MR) is 87.8 cm³/mol. The Kier molecular flexibility index (Phi) is 4.79. The average molecular weight is 363 g/mol. The number of benzene rings is 1. The van der Waals surface area contributed by atoms with Crippen molar-refractivity contribution in [2.45, 2.75) is 12.6 Å². The summed E-state index contributed by atoms with van der Waals surface area (Å²) in [6, 6.07) is 11.3. The zero-order chi connectivity index (χ0) is 18.7. The molecule has 0 unspecified atom stereocenters. The van der Waals surface area contributed by atoms with Crippen LogP contribution in [0.25, 0.3) is 5.69 Å². The van der Waals surface area contributed by atoms with Gasteiger partial charge in [-0.3, -0.25) is 9.48 Å². The van der Waals surface area contributed by atoms with E-state index in [4.69, 9.17) is 0 Å². The fourth-order valence-corrected chi connectivity index (χ4v) is 2.48. The summed E-state index contributed by atoms with van der Waals surface area (Å²) in [4.78, 5) is 12.1. The van der Waals surface area contributed by atoms with Gasteiger partial charge in [0, 0.05) is 32.4 Å². The van der Waals surface area contributed by atoms with Crippen LogP contribution in [0.4, 0.5) is 13.2 Å². The Hall–Kier alpha value is -3.10. The normalized spacial score (nSPS) is 11.5. The molecule has 0 aliphatic heterocycles. The molecule has 0 saturated carbocycles. The van der Waals surface area contributed by atoms with E-state index < -0.39 is 23.3 Å². The van der Waals surface area contributed by atoms with Gasteiger partial charge in [0.25, 0.3) is 5.91 Å². The van der Waals surface area contributed by atoms with E-state index in [-0.39, 0.29) is 6.54 Å². The number of carbonyl (C=O) groups is 1. The van der Waals surface area contributed by atoms with Gasteiger partial charge < -0.3 is 5.32 Å². The Balaban J connectivity index is 1.61. The van der Waals surface area contributed by atoms with Gasteiger partial charge in [-0.05, 0) is 18.2 Å². The molecule has 3 rings (SSSR count). The number of aromatic nitrogens is 4. The van der Waals surface area contributed by atoms with Crippen molar-refractivity contribution in [3.63, 3.8) is 0 Å². The molecule has 6 nitrogen and oxygen atoms in total. The molecule has 2 heterocycles. The van der Waals surface area contributed by atoms with Crippen molar-refractivity contribution < 1.29 is 18.0 Å². The smallest absolute Gasteiger partial charge is 0.352 e. The molecule has 0 fully saturated rings. The zero-order valence-electron chi connectivity index (χ0n) is 13.9. The lowest BCUT2D eigenvalue weighted by Crippen LogP contribution is -2.27. The Bertz CT molecular complexity index is 899. The minimum absolute atomic E-state index is 0.164. The highest BCUT2D eigenvalue weighted by Crippen LogP contribution is 2.30. The number of carbonyl (C=O) groups excluding carboxylic acids is 1. The largest absolute Gasteiger partial charge is 0.435 e. The quantitative estimate of drug-likeness (QED) is 0.758. The van der Waals surface area contributed by atoms with Crippen LogP contribution in [0, 0.1) is 0 Å². The number of rotatable bonds is 5. The van der Waals surface area contributed by atoms with Crippen LogP contribution in [0.2, 0.25) is 0 Å². The summed E-state index contributed by atoms with van der Waals surface area (Å²) < 4.78 is 41.4. The number of amides is 1. The molecule has 9 heteroatoms. The van der Waals surface area contributed by atoms with Crippen LogP contribution in [0.15, 0.2) is 48.8 Å². The average Bonchev–Trinajstić information content (AvgIpc) is 3.22. The number of alkyl halides is 3. The molecule has 1 amide bonds. The molecule has 2 aromatic heterocycles. The van der Waals surface area contributed by atoms with Crippen LogP contribution < -0.4 is 5.32 Å². The van der Waals surface area contributed by atoms with Crippen molar-refractivity contribution in [2.24, 2.45) is 7.05 Å². The topological polar surface area (TPSA) is 64.7 Å². The standard InChI is InChI=1S/C17H16F3N5O/c1-24-11-14(15(23-24)17(18,19)20)16(26)21-9-7-12-8-10-25(22-12)13-5-3-2-4-6-13/h2-6,8,10-11H,7,9H2,1H3,(H,21,26). The van der Waals surface area contributed by atoms with E-state index in [1.807, 2.05) is 30.3 Å². The number of hydrogen-bond donors (Lipinski definition) is 1. The fraction of sp³-hybridized carbons (Fsp3) is 0.235. The summed E-state index contributed by atoms with van der Waals surface area (Å²) in [5, 5.41) is 10.2. The molecule has 0 atom stereocenters. The van der Waals surface area contributed by atoms with Gasteiger partial charge in [0.2, 0.25) is 0 Å². The lowest BCUT2D eigenvalue weighted by Gasteiger charge is -2.06. The highest BCUT2D eigenvalue weighted by Gasteiger charge is 2.38. The van der Waals surface area contributed by atoms with E-state index in [1.54, 1.807) is 16.9 Å². The number of hydrogen-bond acceptors (Lipinski definition) is 3. The molecule has 26 heavy (non-hydrogen) atoms. The Morgan fingerprint density at radius 1 is 1.15 bits per heavy atom. The third kappa shape index (κ3) is 3.93. The second kappa shape index (κ2) is 7.03. The third-order valence-corrected chi connectivity index (χ3v) is 3.67. The maximum absolute atomic E-state index is 12.9. The first-order valence-electron chi connectivity index (χ1n) is 7.83. The van der Waals surface area contributed by atoms with Crippen LogP contribution in [-0.2, 0) is 19.6 Å². The van der Waals surface area contributed by atoms with Crippen LogP contribution in [-0.4, -0.2) is 32.0 Å². The van der Waals surface area contributed by atoms with Crippen molar-refractivity contribution in [3.05, 3.63) is 65.7 Å². The van der Waals surface area contributed by atoms with Crippen LogP contribution >= 0.6 is 0 Å². The first-order valence-corrected chi connectivity index (χ1v) is 7.83. The summed E-state index contributed by atoms with van der Waals surface area (Å²) in [7, 11) is 1.34. The summed E-state index contributed by atoms with van der Waals surface area (Å²) in [5.74, 6) is -0.812. The molecular formula is C17H16F3N5O.